The molecule has 1 saturated carbocycles. The number of hydrogen-bond donors (Lipinski definition) is 0. The summed E-state index contributed by atoms with van der Waals surface area (Å²) >= 11 is 24.1. The molecule has 0 aromatic heterocycles. The summed E-state index contributed by atoms with van der Waals surface area (Å²) in [7, 11) is 0. The average molecular weight is 246 g/mol. The number of fused-ring (bicyclic) bond motifs is 1. The van der Waals surface area contributed by atoms with Crippen LogP contribution in [-0.4, -0.2) is 21.5 Å². The van der Waals surface area contributed by atoms with Gasteiger partial charge in [-0.1, -0.05) is 12.2 Å². The van der Waals surface area contributed by atoms with Crippen LogP contribution in [0.25, 0.3) is 0 Å². The monoisotopic (exact) mass is 244 g/mol. The molecule has 0 unspecified atom stereocenters. The number of allylic oxidation sites excluding steroid dienone is 2. The van der Waals surface area contributed by atoms with Crippen LogP contribution in [0.4, 0.5) is 0 Å². The Morgan fingerprint density at radius 1 is 0.667 bits per heavy atom. The van der Waals surface area contributed by atoms with Crippen molar-refractivity contribution < 1.29 is 0 Å². The van der Waals surface area contributed by atoms with Gasteiger partial charge in [-0.2, -0.15) is 0 Å². The highest BCUT2D eigenvalue weighted by Gasteiger charge is 2.54. The van der Waals surface area contributed by atoms with Gasteiger partial charge >= 0.3 is 0 Å². The lowest BCUT2D eigenvalue weighted by molar-refractivity contribution is 0.194. The Labute approximate surface area is 91.8 Å². The van der Waals surface area contributed by atoms with Crippen molar-refractivity contribution in [1.82, 2.24) is 0 Å². The Morgan fingerprint density at radius 3 is 1.33 bits per heavy atom. The molecule has 2 aliphatic rings. The molecule has 0 saturated heterocycles. The topological polar surface area (TPSA) is 0 Å². The van der Waals surface area contributed by atoms with Crippen LogP contribution in [-0.2, 0) is 0 Å². The summed E-state index contributed by atoms with van der Waals surface area (Å²) in [5, 5.41) is -0.0410. The number of halogens is 4. The van der Waals surface area contributed by atoms with Crippen molar-refractivity contribution in [2.75, 3.05) is 0 Å². The maximum absolute atomic E-state index is 6.05. The van der Waals surface area contributed by atoms with Crippen molar-refractivity contribution in [1.29, 1.82) is 0 Å². The molecule has 0 amide bonds. The van der Waals surface area contributed by atoms with Gasteiger partial charge in [-0.15, -0.1) is 46.4 Å². The minimum atomic E-state index is -0.0228. The molecule has 0 heterocycles. The SMILES string of the molecule is Cl[C@@H]1[C@@H](Cl)[C@H]2[C@@H]1[C@@H](Cl)C=C[C@H]2Cl. The van der Waals surface area contributed by atoms with Crippen LogP contribution in [0.3, 0.4) is 0 Å². The van der Waals surface area contributed by atoms with Gasteiger partial charge in [0.2, 0.25) is 0 Å². The van der Waals surface area contributed by atoms with Crippen LogP contribution >= 0.6 is 46.4 Å². The lowest BCUT2D eigenvalue weighted by atomic mass is 9.66. The molecule has 6 atom stereocenters. The molecule has 0 spiro atoms. The standard InChI is InChI=1S/C8H8Cl4/c9-3-1-2-4(10)6-5(3)7(11)8(6)12/h1-8H/t3-,4+,5-,6+,7-,8-/m0/s1. The normalized spacial score (nSPS) is 57.7. The van der Waals surface area contributed by atoms with E-state index in [-0.39, 0.29) is 33.3 Å². The molecule has 0 nitrogen and oxygen atoms in total. The lowest BCUT2D eigenvalue weighted by Crippen LogP contribution is -2.57. The Balaban J connectivity index is 2.20. The molecular formula is C8H8Cl4. The smallest absolute Gasteiger partial charge is 0.0563 e. The Morgan fingerprint density at radius 2 is 1.00 bits per heavy atom. The highest BCUT2D eigenvalue weighted by atomic mass is 35.5. The molecule has 0 aliphatic heterocycles. The van der Waals surface area contributed by atoms with Gasteiger partial charge in [0.15, 0.2) is 0 Å². The van der Waals surface area contributed by atoms with Gasteiger partial charge in [-0.25, -0.2) is 0 Å². The fourth-order valence-corrected chi connectivity index (χ4v) is 3.90. The summed E-state index contributed by atoms with van der Waals surface area (Å²) in [6, 6.07) is 0. The molecule has 4 heteroatoms. The van der Waals surface area contributed by atoms with Gasteiger partial charge in [0, 0.05) is 11.8 Å². The summed E-state index contributed by atoms with van der Waals surface area (Å²) < 4.78 is 0. The molecule has 68 valence electrons. The molecule has 0 aromatic carbocycles. The van der Waals surface area contributed by atoms with Crippen molar-refractivity contribution in [2.24, 2.45) is 11.8 Å². The van der Waals surface area contributed by atoms with Crippen LogP contribution in [0.5, 0.6) is 0 Å². The highest BCUT2D eigenvalue weighted by Crippen LogP contribution is 2.51. The second-order valence-corrected chi connectivity index (χ2v) is 5.33. The molecule has 0 bridgehead atoms. The molecule has 0 radical (unpaired) electrons. The van der Waals surface area contributed by atoms with Crippen LogP contribution in [0.1, 0.15) is 0 Å². The van der Waals surface area contributed by atoms with E-state index in [0.29, 0.717) is 0 Å². The number of rotatable bonds is 0. The van der Waals surface area contributed by atoms with E-state index < -0.39 is 0 Å². The first-order valence-corrected chi connectivity index (χ1v) is 5.62. The van der Waals surface area contributed by atoms with E-state index in [9.17, 15) is 0 Å². The van der Waals surface area contributed by atoms with E-state index in [1.807, 2.05) is 12.2 Å². The first kappa shape index (κ1) is 9.45. The minimum Gasteiger partial charge on any atom is -0.121 e. The maximum Gasteiger partial charge on any atom is 0.0563 e. The molecule has 0 N–H and O–H groups in total. The average Bonchev–Trinajstić information content (AvgIpc) is 2.07. The second kappa shape index (κ2) is 3.24. The van der Waals surface area contributed by atoms with Gasteiger partial charge in [-0.05, 0) is 0 Å². The second-order valence-electron chi connectivity index (χ2n) is 3.32. The molecular weight excluding hydrogens is 238 g/mol. The van der Waals surface area contributed by atoms with Crippen molar-refractivity contribution in [3.8, 4) is 0 Å². The zero-order chi connectivity index (χ0) is 8.88. The van der Waals surface area contributed by atoms with Crippen molar-refractivity contribution in [3.05, 3.63) is 12.2 Å². The van der Waals surface area contributed by atoms with Gasteiger partial charge in [0.1, 0.15) is 0 Å². The van der Waals surface area contributed by atoms with E-state index in [1.54, 1.807) is 0 Å². The predicted molar refractivity (Wildman–Crippen MR) is 54.7 cm³/mol. The molecule has 2 rings (SSSR count). The maximum atomic E-state index is 6.05. The Kier molecular flexibility index (Phi) is 2.55. The van der Waals surface area contributed by atoms with E-state index >= 15 is 0 Å². The van der Waals surface area contributed by atoms with Gasteiger partial charge < -0.3 is 0 Å². The number of hydrogen-bond acceptors (Lipinski definition) is 0. The van der Waals surface area contributed by atoms with E-state index in [4.69, 9.17) is 46.4 Å². The third-order valence-electron chi connectivity index (χ3n) is 2.70. The molecule has 2 aliphatic carbocycles. The zero-order valence-corrected chi connectivity index (χ0v) is 9.15. The summed E-state index contributed by atoms with van der Waals surface area (Å²) in [5.74, 6) is 0.506. The van der Waals surface area contributed by atoms with Crippen molar-refractivity contribution >= 4 is 46.4 Å². The van der Waals surface area contributed by atoms with Crippen LogP contribution in [0.15, 0.2) is 12.2 Å². The first-order chi connectivity index (χ1) is 5.63. The number of alkyl halides is 4. The van der Waals surface area contributed by atoms with Crippen LogP contribution < -0.4 is 0 Å². The Bertz CT molecular complexity index is 193. The van der Waals surface area contributed by atoms with Crippen LogP contribution in [0.2, 0.25) is 0 Å². The quantitative estimate of drug-likeness (QED) is 0.454. The van der Waals surface area contributed by atoms with E-state index in [0.717, 1.165) is 0 Å². The molecule has 0 aromatic rings. The Hall–Kier alpha value is 0.900. The summed E-state index contributed by atoms with van der Waals surface area (Å²) in [6.45, 7) is 0. The summed E-state index contributed by atoms with van der Waals surface area (Å²) in [5.41, 5.74) is 0. The largest absolute Gasteiger partial charge is 0.121 e. The molecule has 1 fully saturated rings. The van der Waals surface area contributed by atoms with Crippen LogP contribution in [0, 0.1) is 11.8 Å². The third-order valence-corrected chi connectivity index (χ3v) is 4.82. The van der Waals surface area contributed by atoms with Crippen molar-refractivity contribution in [3.63, 3.8) is 0 Å². The fraction of sp³-hybridized carbons (Fsp3) is 0.750. The van der Waals surface area contributed by atoms with Gasteiger partial charge in [0.05, 0.1) is 21.5 Å². The highest BCUT2D eigenvalue weighted by molar-refractivity contribution is 6.34. The summed E-state index contributed by atoms with van der Waals surface area (Å²) in [4.78, 5) is 0. The third kappa shape index (κ3) is 1.19. The van der Waals surface area contributed by atoms with E-state index in [1.165, 1.54) is 0 Å². The van der Waals surface area contributed by atoms with Gasteiger partial charge in [0.25, 0.3) is 0 Å². The van der Waals surface area contributed by atoms with Gasteiger partial charge in [-0.3, -0.25) is 0 Å². The summed E-state index contributed by atoms with van der Waals surface area (Å²) in [6.07, 6.45) is 3.83. The first-order valence-electron chi connectivity index (χ1n) is 3.87. The fourth-order valence-electron chi connectivity index (χ4n) is 1.95. The van der Waals surface area contributed by atoms with E-state index in [2.05, 4.69) is 0 Å². The van der Waals surface area contributed by atoms with Crippen molar-refractivity contribution in [2.45, 2.75) is 21.5 Å². The molecule has 12 heavy (non-hydrogen) atoms. The predicted octanol–water partition coefficient (Wildman–Crippen LogP) is 3.23. The lowest BCUT2D eigenvalue weighted by Gasteiger charge is -2.51. The minimum absolute atomic E-state index is 0.00231. The zero-order valence-electron chi connectivity index (χ0n) is 6.13.